The number of hydrogen-bond donors (Lipinski definition) is 2. The Morgan fingerprint density at radius 1 is 0.745 bits per heavy atom. The Morgan fingerprint density at radius 2 is 1.18 bits per heavy atom. The summed E-state index contributed by atoms with van der Waals surface area (Å²) in [5.74, 6) is -0.246. The van der Waals surface area contributed by atoms with Crippen LogP contribution in [0.2, 0.25) is 5.15 Å². The Labute approximate surface area is 458 Å². The Hall–Kier alpha value is -0.796. The molecule has 2 amide bonds. The van der Waals surface area contributed by atoms with Crippen molar-refractivity contribution in [3.05, 3.63) is 98.5 Å². The average Bonchev–Trinajstić information content (AvgIpc) is 3.99. The number of hydrogen-bond acceptors (Lipinski definition) is 10. The number of benzene rings is 2. The summed E-state index contributed by atoms with van der Waals surface area (Å²) in [6.45, 7) is 1.83. The zero-order valence-corrected chi connectivity index (χ0v) is 46.8. The van der Waals surface area contributed by atoms with Gasteiger partial charge in [-0.3, -0.25) is 14.4 Å². The van der Waals surface area contributed by atoms with Gasteiger partial charge in [0.2, 0.25) is 0 Å². The average molecular weight is 1140 g/mol. The normalized spacial score (nSPS) is 12.8. The number of carbonyl (C=O) groups is 3. The van der Waals surface area contributed by atoms with Crippen molar-refractivity contribution in [2.45, 2.75) is 44.9 Å². The maximum atomic E-state index is 11.8. The minimum Gasteiger partial charge on any atom is -1.00 e. The molecule has 8 rings (SSSR count). The molecular formula is C36H36Br2ClCs2N9O5. The molecule has 1 saturated heterocycles. The number of rotatable bonds is 6. The Balaban J connectivity index is 0.000000306. The summed E-state index contributed by atoms with van der Waals surface area (Å²) >= 11 is 12.8. The van der Waals surface area contributed by atoms with Crippen molar-refractivity contribution >= 4 is 89.4 Å². The third-order valence-electron chi connectivity index (χ3n) is 8.37. The molecule has 1 saturated carbocycles. The van der Waals surface area contributed by atoms with Crippen LogP contribution in [-0.4, -0.2) is 60.9 Å². The number of amides is 2. The predicted octanol–water partition coefficient (Wildman–Crippen LogP) is 0.323. The number of carbonyl (C=O) groups excluding carboxylic acids is 3. The van der Waals surface area contributed by atoms with Crippen molar-refractivity contribution in [1.29, 1.82) is 0 Å². The second kappa shape index (κ2) is 24.3. The van der Waals surface area contributed by atoms with Crippen LogP contribution in [0.4, 0.5) is 5.82 Å². The van der Waals surface area contributed by atoms with Crippen LogP contribution in [0.1, 0.15) is 67.3 Å². The first kappa shape index (κ1) is 48.6. The van der Waals surface area contributed by atoms with Crippen molar-refractivity contribution in [2.24, 2.45) is 11.5 Å². The van der Waals surface area contributed by atoms with Crippen LogP contribution in [-0.2, 0) is 9.68 Å². The molecule has 14 nitrogen and oxygen atoms in total. The third-order valence-corrected chi connectivity index (χ3v) is 9.57. The molecule has 0 bridgehead atoms. The summed E-state index contributed by atoms with van der Waals surface area (Å²) < 4.78 is 5.22. The van der Waals surface area contributed by atoms with Gasteiger partial charge in [-0.1, -0.05) is 87.7 Å². The fraction of sp³-hybridized carbons (Fsp3) is 0.250. The van der Waals surface area contributed by atoms with Crippen LogP contribution in [0.5, 0.6) is 0 Å². The molecule has 2 aliphatic rings. The molecule has 6 aromatic rings. The molecule has 5 heterocycles. The minimum absolute atomic E-state index is 0. The van der Waals surface area contributed by atoms with Crippen LogP contribution in [0.25, 0.3) is 33.2 Å². The van der Waals surface area contributed by atoms with E-state index in [1.807, 2.05) is 54.6 Å². The van der Waals surface area contributed by atoms with Crippen molar-refractivity contribution in [2.75, 3.05) is 18.0 Å². The van der Waals surface area contributed by atoms with Crippen LogP contribution >= 0.6 is 43.5 Å². The Morgan fingerprint density at radius 3 is 1.60 bits per heavy atom. The minimum atomic E-state index is -0.604. The van der Waals surface area contributed by atoms with Gasteiger partial charge in [-0.05, 0) is 49.2 Å². The second-order valence-corrected chi connectivity index (χ2v) is 14.2. The summed E-state index contributed by atoms with van der Waals surface area (Å²) in [4.78, 5) is 45.2. The van der Waals surface area contributed by atoms with E-state index in [0.29, 0.717) is 21.4 Å². The van der Waals surface area contributed by atoms with Gasteiger partial charge in [0.25, 0.3) is 18.3 Å². The van der Waals surface area contributed by atoms with Crippen LogP contribution in [0.3, 0.4) is 0 Å². The molecule has 0 atom stereocenters. The maximum absolute atomic E-state index is 11.8. The number of halogens is 3. The summed E-state index contributed by atoms with van der Waals surface area (Å²) in [7, 11) is 0. The second-order valence-electron chi connectivity index (χ2n) is 11.9. The summed E-state index contributed by atoms with van der Waals surface area (Å²) in [6.07, 6.45) is 13.1. The van der Waals surface area contributed by atoms with Gasteiger partial charge >= 0.3 is 138 Å². The molecule has 278 valence electrons. The van der Waals surface area contributed by atoms with E-state index in [1.165, 1.54) is 51.1 Å². The Bertz CT molecular complexity index is 2230. The van der Waals surface area contributed by atoms with Crippen LogP contribution < -0.4 is 159 Å². The largest absolute Gasteiger partial charge is 1.00 e. The van der Waals surface area contributed by atoms with E-state index >= 15 is 0 Å². The van der Waals surface area contributed by atoms with Crippen molar-refractivity contribution in [3.8, 4) is 11.4 Å². The molecule has 0 unspecified atom stereocenters. The number of fused-ring (bicyclic) bond motifs is 2. The molecule has 1 aliphatic carbocycles. The topological polar surface area (TPSA) is 200 Å². The van der Waals surface area contributed by atoms with Crippen molar-refractivity contribution in [1.82, 2.24) is 29.5 Å². The van der Waals surface area contributed by atoms with Crippen LogP contribution in [0.15, 0.2) is 82.0 Å². The first-order chi connectivity index (χ1) is 25.6. The molecule has 2 aromatic carbocycles. The molecule has 19 heteroatoms. The van der Waals surface area contributed by atoms with Gasteiger partial charge in [-0.2, -0.15) is 10.2 Å². The smallest absolute Gasteiger partial charge is 1.00 e. The third kappa shape index (κ3) is 13.4. The summed E-state index contributed by atoms with van der Waals surface area (Å²) in [5, 5.41) is 18.7. The number of aromatic nitrogens is 6. The predicted molar refractivity (Wildman–Crippen MR) is 208 cm³/mol. The van der Waals surface area contributed by atoms with E-state index in [4.69, 9.17) is 33.1 Å². The number of primary amides is 2. The van der Waals surface area contributed by atoms with Crippen LogP contribution in [0, 0.1) is 0 Å². The van der Waals surface area contributed by atoms with E-state index in [1.54, 1.807) is 21.6 Å². The van der Waals surface area contributed by atoms with E-state index in [2.05, 4.69) is 61.8 Å². The SMILES string of the molecule is C1CCCC1.NC(=O)c1nn(-c2cccc(Br)c2)c2cc(Cl)ncc12.NC(=O)c1nn(-c2cccc(Br)c2)c2cc(N3CCCC3)ncc12.O=CO[O-].[Cs+].[Cs+].[H-]. The zero-order chi connectivity index (χ0) is 37.9. The monoisotopic (exact) mass is 1130 g/mol. The Kier molecular flexibility index (Phi) is 21.5. The molecule has 4 aromatic heterocycles. The zero-order valence-electron chi connectivity index (χ0n) is 31.3. The van der Waals surface area contributed by atoms with Gasteiger partial charge in [0.15, 0.2) is 11.4 Å². The first-order valence-electron chi connectivity index (χ1n) is 16.6. The van der Waals surface area contributed by atoms with E-state index in [0.717, 1.165) is 44.7 Å². The number of nitrogens with zero attached hydrogens (tertiary/aromatic N) is 7. The molecule has 55 heavy (non-hydrogen) atoms. The van der Waals surface area contributed by atoms with E-state index in [9.17, 15) is 9.59 Å². The van der Waals surface area contributed by atoms with Gasteiger partial charge in [0.05, 0.1) is 33.2 Å². The number of pyridine rings is 2. The molecule has 0 radical (unpaired) electrons. The fourth-order valence-corrected chi connectivity index (χ4v) is 6.89. The molecule has 1 aliphatic heterocycles. The van der Waals surface area contributed by atoms with Crippen molar-refractivity contribution in [3.63, 3.8) is 0 Å². The quantitative estimate of drug-likeness (QED) is 0.101. The molecular weight excluding hydrogens is 1100 g/mol. The molecule has 2 fully saturated rings. The van der Waals surface area contributed by atoms with E-state index < -0.39 is 11.8 Å². The standard InChI is InChI=1S/C17H16BrN5O.C13H8BrClN4O.C5H10.CH2O3.2Cs.H/c18-11-4-3-5-12(8-11)23-14-9-15(22-6-1-2-7-22)20-10-13(14)16(21-23)17(19)24;14-7-2-1-3-8(4-7)19-10-5-11(15)17-6-9(10)12(18-19)13(16)20;1-2-4-5-3-1;2-1-4-3;;;/h3-5,8-10H,1-2,6-7H2,(H2,19,24);1-6H,(H2,16,20);1-5H2;1,3H;;;/q;;;;2*+1;-1/p-1. The summed E-state index contributed by atoms with van der Waals surface area (Å²) in [6, 6.07) is 18.9. The van der Waals surface area contributed by atoms with Gasteiger partial charge in [0.1, 0.15) is 11.0 Å². The van der Waals surface area contributed by atoms with Gasteiger partial charge in [0, 0.05) is 46.6 Å². The fourth-order valence-electron chi connectivity index (χ4n) is 5.96. The summed E-state index contributed by atoms with van der Waals surface area (Å²) in [5.41, 5.74) is 14.4. The van der Waals surface area contributed by atoms with Gasteiger partial charge in [-0.15, -0.1) is 0 Å². The maximum Gasteiger partial charge on any atom is 1.00 e. The van der Waals surface area contributed by atoms with Crippen molar-refractivity contribution < 1.29 is 164 Å². The molecule has 0 spiro atoms. The number of anilines is 1. The van der Waals surface area contributed by atoms with E-state index in [-0.39, 0.29) is 157 Å². The first-order valence-corrected chi connectivity index (χ1v) is 18.6. The van der Waals surface area contributed by atoms with Gasteiger partial charge < -0.3 is 27.9 Å². The number of nitrogens with two attached hydrogens (primary N) is 2. The van der Waals surface area contributed by atoms with Gasteiger partial charge in [-0.25, -0.2) is 19.3 Å². The molecule has 4 N–H and O–H groups in total.